The third-order valence-electron chi connectivity index (χ3n) is 6.94. The quantitative estimate of drug-likeness (QED) is 0.259. The molecule has 6 rings (SSSR count). The Bertz CT molecular complexity index is 1630. The van der Waals surface area contributed by atoms with E-state index in [1.807, 2.05) is 30.4 Å². The van der Waals surface area contributed by atoms with Gasteiger partial charge in [0.15, 0.2) is 5.13 Å². The molecule has 13 heteroatoms. The second-order valence-corrected chi connectivity index (χ2v) is 12.6. The third kappa shape index (κ3) is 5.78. The van der Waals surface area contributed by atoms with Crippen molar-refractivity contribution in [2.45, 2.75) is 4.90 Å². The van der Waals surface area contributed by atoms with E-state index in [9.17, 15) is 8.42 Å². The number of thiazole rings is 1. The first kappa shape index (κ1) is 26.6. The van der Waals surface area contributed by atoms with Crippen molar-refractivity contribution in [1.82, 2.24) is 29.9 Å². The molecule has 0 aliphatic carbocycles. The summed E-state index contributed by atoms with van der Waals surface area (Å²) in [5.74, 6) is 0.433. The predicted octanol–water partition coefficient (Wildman–Crippen LogP) is 2.59. The number of sulfonamides is 1. The van der Waals surface area contributed by atoms with Crippen molar-refractivity contribution in [2.75, 3.05) is 68.3 Å². The molecule has 40 heavy (non-hydrogen) atoms. The van der Waals surface area contributed by atoms with Crippen LogP contribution in [-0.4, -0.2) is 80.0 Å². The Hall–Kier alpha value is -3.62. The monoisotopic (exact) mass is 577 g/mol. The fourth-order valence-electron chi connectivity index (χ4n) is 4.86. The topological polar surface area (TPSA) is 141 Å². The van der Waals surface area contributed by atoms with E-state index in [0.717, 1.165) is 53.2 Å². The molecular weight excluding hydrogens is 546 g/mol. The number of nitrogens with zero attached hydrogens (tertiary/aromatic N) is 5. The second-order valence-electron chi connectivity index (χ2n) is 9.65. The van der Waals surface area contributed by atoms with Gasteiger partial charge in [-0.1, -0.05) is 29.6 Å². The molecule has 0 bridgehead atoms. The molecule has 0 unspecified atom stereocenters. The van der Waals surface area contributed by atoms with Crippen LogP contribution in [0.1, 0.15) is 11.1 Å². The van der Waals surface area contributed by atoms with Crippen LogP contribution in [0.15, 0.2) is 53.7 Å². The number of anilines is 4. The van der Waals surface area contributed by atoms with E-state index in [0.29, 0.717) is 47.8 Å². The van der Waals surface area contributed by atoms with Crippen molar-refractivity contribution in [3.8, 4) is 0 Å². The summed E-state index contributed by atoms with van der Waals surface area (Å²) in [4.78, 5) is 15.7. The molecule has 4 heterocycles. The first-order valence-electron chi connectivity index (χ1n) is 13.2. The van der Waals surface area contributed by atoms with Crippen molar-refractivity contribution in [1.29, 1.82) is 0 Å². The van der Waals surface area contributed by atoms with Gasteiger partial charge in [-0.15, -0.1) is 0 Å². The van der Waals surface area contributed by atoms with Crippen molar-refractivity contribution >= 4 is 66.2 Å². The lowest BCUT2D eigenvalue weighted by Crippen LogP contribution is -2.47. The number of aromatic nitrogens is 3. The highest BCUT2D eigenvalue weighted by Crippen LogP contribution is 2.32. The van der Waals surface area contributed by atoms with Gasteiger partial charge in [-0.2, -0.15) is 4.31 Å². The first-order valence-corrected chi connectivity index (χ1v) is 15.5. The number of nitrogens with one attached hydrogen (secondary N) is 3. The summed E-state index contributed by atoms with van der Waals surface area (Å²) in [5, 5.41) is 10.4. The van der Waals surface area contributed by atoms with E-state index in [1.165, 1.54) is 11.3 Å². The summed E-state index contributed by atoms with van der Waals surface area (Å²) in [5.41, 5.74) is 10.0. The van der Waals surface area contributed by atoms with Crippen LogP contribution in [0.3, 0.4) is 0 Å². The lowest BCUT2D eigenvalue weighted by molar-refractivity contribution is 0.360. The summed E-state index contributed by atoms with van der Waals surface area (Å²) in [6.07, 6.45) is 7.44. The van der Waals surface area contributed by atoms with Gasteiger partial charge >= 0.3 is 0 Å². The molecule has 0 radical (unpaired) electrons. The van der Waals surface area contributed by atoms with Crippen molar-refractivity contribution < 1.29 is 8.42 Å². The Morgan fingerprint density at radius 1 is 0.900 bits per heavy atom. The Labute approximate surface area is 237 Å². The molecule has 0 amide bonds. The van der Waals surface area contributed by atoms with E-state index in [1.54, 1.807) is 28.8 Å². The Kier molecular flexibility index (Phi) is 7.63. The molecule has 0 spiro atoms. The number of fused-ring (bicyclic) bond motifs is 1. The van der Waals surface area contributed by atoms with Crippen LogP contribution in [0.2, 0.25) is 0 Å². The number of nitrogen functional groups attached to an aromatic ring is 1. The van der Waals surface area contributed by atoms with Gasteiger partial charge in [0.2, 0.25) is 16.0 Å². The maximum Gasteiger partial charge on any atom is 0.245 e. The summed E-state index contributed by atoms with van der Waals surface area (Å²) in [6, 6.07) is 11.4. The molecule has 2 aromatic heterocycles. The van der Waals surface area contributed by atoms with Gasteiger partial charge in [0, 0.05) is 76.0 Å². The Morgan fingerprint density at radius 3 is 2.35 bits per heavy atom. The number of hydrogen-bond acceptors (Lipinski definition) is 11. The minimum absolute atomic E-state index is 0.336. The van der Waals surface area contributed by atoms with Crippen molar-refractivity contribution in [3.05, 3.63) is 59.9 Å². The molecule has 11 nitrogen and oxygen atoms in total. The lowest BCUT2D eigenvalue weighted by Gasteiger charge is -2.33. The van der Waals surface area contributed by atoms with Gasteiger partial charge in [-0.3, -0.25) is 0 Å². The highest BCUT2D eigenvalue weighted by Gasteiger charge is 2.30. The summed E-state index contributed by atoms with van der Waals surface area (Å²) >= 11 is 1.47. The van der Waals surface area contributed by atoms with Crippen LogP contribution in [-0.2, 0) is 10.0 Å². The molecular formula is C27H31N9O2S2. The average Bonchev–Trinajstić information content (AvgIpc) is 3.37. The third-order valence-corrected chi connectivity index (χ3v) is 9.73. The standard InChI is InChI=1S/C27H31N9O2S2/c28-26-34-22-5-3-19(15-24(22)39-26)1-2-20-17-31-27(32-18-20)33-21-4-6-25(23(16-21)35-11-7-29-8-12-35)40(37,38)36-13-9-30-10-14-36/h1-6,15-18,29-30H,7-14H2,(H2,28,34)(H,31,32,33). The lowest BCUT2D eigenvalue weighted by atomic mass is 10.2. The molecule has 5 N–H and O–H groups in total. The maximum absolute atomic E-state index is 13.6. The Morgan fingerprint density at radius 2 is 1.60 bits per heavy atom. The van der Waals surface area contributed by atoms with E-state index in [4.69, 9.17) is 5.73 Å². The van der Waals surface area contributed by atoms with Crippen molar-refractivity contribution in [2.24, 2.45) is 0 Å². The molecule has 2 saturated heterocycles. The number of hydrogen-bond donors (Lipinski definition) is 4. The zero-order valence-corrected chi connectivity index (χ0v) is 23.5. The van der Waals surface area contributed by atoms with E-state index in [2.05, 4.69) is 41.9 Å². The second kappa shape index (κ2) is 11.5. The molecule has 2 fully saturated rings. The summed E-state index contributed by atoms with van der Waals surface area (Å²) < 4.78 is 29.8. The fraction of sp³-hybridized carbons (Fsp3) is 0.296. The number of benzene rings is 2. The smallest absolute Gasteiger partial charge is 0.245 e. The van der Waals surface area contributed by atoms with Gasteiger partial charge in [0.1, 0.15) is 4.90 Å². The molecule has 0 saturated carbocycles. The SMILES string of the molecule is Nc1nc2ccc(C=Cc3cnc(Nc4ccc(S(=O)(=O)N5CCNCC5)c(N5CCNCC5)c4)nc3)cc2s1. The van der Waals surface area contributed by atoms with E-state index < -0.39 is 10.0 Å². The highest BCUT2D eigenvalue weighted by atomic mass is 32.2. The van der Waals surface area contributed by atoms with Crippen LogP contribution in [0.25, 0.3) is 22.4 Å². The molecule has 2 aromatic carbocycles. The average molecular weight is 578 g/mol. The van der Waals surface area contributed by atoms with Crippen LogP contribution in [0.5, 0.6) is 0 Å². The number of rotatable bonds is 7. The van der Waals surface area contributed by atoms with Crippen LogP contribution >= 0.6 is 11.3 Å². The minimum atomic E-state index is -3.62. The van der Waals surface area contributed by atoms with Crippen LogP contribution < -0.4 is 26.6 Å². The first-order chi connectivity index (χ1) is 19.5. The fourth-order valence-corrected chi connectivity index (χ4v) is 7.28. The summed E-state index contributed by atoms with van der Waals surface area (Å²) in [6.45, 7) is 5.30. The number of nitrogens with two attached hydrogens (primary N) is 1. The minimum Gasteiger partial charge on any atom is -0.375 e. The predicted molar refractivity (Wildman–Crippen MR) is 161 cm³/mol. The number of piperazine rings is 2. The van der Waals surface area contributed by atoms with Crippen molar-refractivity contribution in [3.63, 3.8) is 0 Å². The van der Waals surface area contributed by atoms with Gasteiger partial charge in [0.05, 0.1) is 15.9 Å². The van der Waals surface area contributed by atoms with Gasteiger partial charge in [-0.25, -0.2) is 23.4 Å². The highest BCUT2D eigenvalue weighted by molar-refractivity contribution is 7.89. The van der Waals surface area contributed by atoms with Crippen LogP contribution in [0.4, 0.5) is 22.5 Å². The molecule has 2 aliphatic rings. The molecule has 4 aromatic rings. The van der Waals surface area contributed by atoms with E-state index >= 15 is 0 Å². The zero-order valence-electron chi connectivity index (χ0n) is 21.9. The zero-order chi connectivity index (χ0) is 27.5. The van der Waals surface area contributed by atoms with Crippen LogP contribution in [0, 0.1) is 0 Å². The maximum atomic E-state index is 13.6. The normalized spacial score (nSPS) is 17.1. The Balaban J connectivity index is 1.21. The molecule has 0 atom stereocenters. The van der Waals surface area contributed by atoms with Gasteiger partial charge in [0.25, 0.3) is 0 Å². The van der Waals surface area contributed by atoms with Gasteiger partial charge < -0.3 is 26.6 Å². The molecule has 2 aliphatic heterocycles. The van der Waals surface area contributed by atoms with Gasteiger partial charge in [-0.05, 0) is 35.9 Å². The summed E-state index contributed by atoms with van der Waals surface area (Å²) in [7, 11) is -3.62. The largest absolute Gasteiger partial charge is 0.375 e. The van der Waals surface area contributed by atoms with E-state index in [-0.39, 0.29) is 0 Å². The molecule has 208 valence electrons.